The number of benzene rings is 1. The highest BCUT2D eigenvalue weighted by atomic mass is 32.1. The van der Waals surface area contributed by atoms with Crippen molar-refractivity contribution in [3.8, 4) is 0 Å². The van der Waals surface area contributed by atoms with Gasteiger partial charge in [0, 0.05) is 4.88 Å². The van der Waals surface area contributed by atoms with Crippen LogP contribution < -0.4 is 5.32 Å². The predicted octanol–water partition coefficient (Wildman–Crippen LogP) is 4.68. The average Bonchev–Trinajstić information content (AvgIpc) is 2.91. The number of thiazole rings is 2. The van der Waals surface area contributed by atoms with Crippen LogP contribution in [0.2, 0.25) is 0 Å². The summed E-state index contributed by atoms with van der Waals surface area (Å²) in [5, 5.41) is 5.25. The first-order valence-electron chi connectivity index (χ1n) is 6.29. The van der Waals surface area contributed by atoms with Crippen molar-refractivity contribution >= 4 is 38.0 Å². The lowest BCUT2D eigenvalue weighted by atomic mass is 10.2. The Balaban J connectivity index is 1.87. The second-order valence-electron chi connectivity index (χ2n) is 4.68. The van der Waals surface area contributed by atoms with Gasteiger partial charge in [-0.25, -0.2) is 14.4 Å². The van der Waals surface area contributed by atoms with Crippen molar-refractivity contribution in [2.75, 3.05) is 5.32 Å². The molecule has 0 saturated carbocycles. The van der Waals surface area contributed by atoms with Crippen LogP contribution >= 0.6 is 22.7 Å². The van der Waals surface area contributed by atoms with Crippen LogP contribution in [-0.2, 0) is 0 Å². The predicted molar refractivity (Wildman–Crippen MR) is 83.2 cm³/mol. The van der Waals surface area contributed by atoms with Crippen molar-refractivity contribution in [3.63, 3.8) is 0 Å². The van der Waals surface area contributed by atoms with E-state index in [-0.39, 0.29) is 11.9 Å². The highest BCUT2D eigenvalue weighted by Gasteiger charge is 2.14. The Morgan fingerprint density at radius 2 is 2.00 bits per heavy atom. The molecule has 20 heavy (non-hydrogen) atoms. The van der Waals surface area contributed by atoms with Crippen molar-refractivity contribution in [2.45, 2.75) is 26.8 Å². The molecule has 0 fully saturated rings. The zero-order valence-corrected chi connectivity index (χ0v) is 13.0. The molecule has 0 spiro atoms. The van der Waals surface area contributed by atoms with Gasteiger partial charge in [-0.3, -0.25) is 0 Å². The number of nitrogens with one attached hydrogen (secondary N) is 1. The third kappa shape index (κ3) is 2.53. The summed E-state index contributed by atoms with van der Waals surface area (Å²) in [7, 11) is 0. The lowest BCUT2D eigenvalue weighted by Gasteiger charge is -2.11. The van der Waals surface area contributed by atoms with Crippen molar-refractivity contribution in [3.05, 3.63) is 39.6 Å². The minimum atomic E-state index is -0.227. The Bertz CT molecular complexity index is 763. The van der Waals surface area contributed by atoms with Crippen LogP contribution in [0.1, 0.15) is 28.5 Å². The van der Waals surface area contributed by atoms with Gasteiger partial charge in [-0.05, 0) is 39.0 Å². The molecule has 0 saturated heterocycles. The Hall–Kier alpha value is -1.53. The lowest BCUT2D eigenvalue weighted by molar-refractivity contribution is 0.630. The Labute approximate surface area is 124 Å². The molecule has 104 valence electrons. The maximum absolute atomic E-state index is 13.2. The van der Waals surface area contributed by atoms with Crippen LogP contribution in [0.25, 0.3) is 10.2 Å². The molecule has 3 aromatic rings. The van der Waals surface area contributed by atoms with Crippen molar-refractivity contribution in [2.24, 2.45) is 0 Å². The molecule has 3 rings (SSSR count). The van der Waals surface area contributed by atoms with Gasteiger partial charge in [0.05, 0.1) is 27.0 Å². The smallest absolute Gasteiger partial charge is 0.184 e. The topological polar surface area (TPSA) is 37.8 Å². The second kappa shape index (κ2) is 5.10. The molecule has 6 heteroatoms. The summed E-state index contributed by atoms with van der Waals surface area (Å²) in [4.78, 5) is 10.1. The number of aromatic nitrogens is 2. The number of hydrogen-bond acceptors (Lipinski definition) is 5. The van der Waals surface area contributed by atoms with Gasteiger partial charge < -0.3 is 5.32 Å². The summed E-state index contributed by atoms with van der Waals surface area (Å²) in [6.07, 6.45) is 0. The number of nitrogens with zero attached hydrogens (tertiary/aromatic N) is 2. The van der Waals surface area contributed by atoms with Crippen molar-refractivity contribution in [1.82, 2.24) is 9.97 Å². The van der Waals surface area contributed by atoms with Gasteiger partial charge in [-0.1, -0.05) is 11.3 Å². The number of fused-ring (bicyclic) bond motifs is 1. The molecule has 0 bridgehead atoms. The Kier molecular flexibility index (Phi) is 3.43. The summed E-state index contributed by atoms with van der Waals surface area (Å²) in [6, 6.07) is 4.81. The van der Waals surface area contributed by atoms with Crippen LogP contribution in [0.4, 0.5) is 9.52 Å². The van der Waals surface area contributed by atoms with E-state index < -0.39 is 0 Å². The number of anilines is 1. The summed E-state index contributed by atoms with van der Waals surface area (Å²) >= 11 is 3.16. The van der Waals surface area contributed by atoms with Gasteiger partial charge in [0.1, 0.15) is 5.82 Å². The molecule has 0 aliphatic carbocycles. The molecule has 0 aliphatic heterocycles. The standard InChI is InChI=1S/C14H14FN3S2/c1-7-13(19-9(3)16-7)8(2)17-14-18-11-5-4-10(15)6-12(11)20-14/h4-6,8H,1-3H3,(H,17,18). The molecular formula is C14H14FN3S2. The summed E-state index contributed by atoms with van der Waals surface area (Å²) in [5.74, 6) is -0.227. The second-order valence-corrected chi connectivity index (χ2v) is 6.95. The van der Waals surface area contributed by atoms with Gasteiger partial charge in [0.2, 0.25) is 0 Å². The van der Waals surface area contributed by atoms with E-state index in [9.17, 15) is 4.39 Å². The van der Waals surface area contributed by atoms with Crippen LogP contribution in [0, 0.1) is 19.7 Å². The highest BCUT2D eigenvalue weighted by molar-refractivity contribution is 7.22. The van der Waals surface area contributed by atoms with E-state index in [0.717, 1.165) is 26.0 Å². The first-order valence-corrected chi connectivity index (χ1v) is 7.93. The lowest BCUT2D eigenvalue weighted by Crippen LogP contribution is -2.05. The minimum absolute atomic E-state index is 0.145. The molecule has 0 aliphatic rings. The molecule has 1 unspecified atom stereocenters. The third-order valence-electron chi connectivity index (χ3n) is 3.02. The van der Waals surface area contributed by atoms with Crippen molar-refractivity contribution < 1.29 is 4.39 Å². The Morgan fingerprint density at radius 1 is 1.20 bits per heavy atom. The van der Waals surface area contributed by atoms with E-state index in [1.54, 1.807) is 17.4 Å². The van der Waals surface area contributed by atoms with Crippen LogP contribution in [0.15, 0.2) is 18.2 Å². The third-order valence-corrected chi connectivity index (χ3v) is 5.23. The quantitative estimate of drug-likeness (QED) is 0.763. The normalized spacial score (nSPS) is 12.8. The van der Waals surface area contributed by atoms with E-state index in [4.69, 9.17) is 0 Å². The van der Waals surface area contributed by atoms with Crippen LogP contribution in [-0.4, -0.2) is 9.97 Å². The molecule has 2 aromatic heterocycles. The largest absolute Gasteiger partial charge is 0.354 e. The summed E-state index contributed by atoms with van der Waals surface area (Å²) in [6.45, 7) is 6.12. The molecule has 1 N–H and O–H groups in total. The van der Waals surface area contributed by atoms with Gasteiger partial charge in [-0.15, -0.1) is 11.3 Å². The molecule has 1 aromatic carbocycles. The fraction of sp³-hybridized carbons (Fsp3) is 0.286. The molecule has 0 amide bonds. The molecule has 3 nitrogen and oxygen atoms in total. The molecule has 0 radical (unpaired) electrons. The number of halogens is 1. The molecular weight excluding hydrogens is 293 g/mol. The first kappa shape index (κ1) is 13.5. The number of hydrogen-bond donors (Lipinski definition) is 1. The SMILES string of the molecule is Cc1nc(C)c(C(C)Nc2nc3ccc(F)cc3s2)s1. The van der Waals surface area contributed by atoms with Crippen LogP contribution in [0.5, 0.6) is 0 Å². The fourth-order valence-electron chi connectivity index (χ4n) is 2.16. The monoisotopic (exact) mass is 307 g/mol. The Morgan fingerprint density at radius 3 is 2.70 bits per heavy atom. The van der Waals surface area contributed by atoms with E-state index in [1.165, 1.54) is 28.3 Å². The average molecular weight is 307 g/mol. The van der Waals surface area contributed by atoms with Gasteiger partial charge >= 0.3 is 0 Å². The maximum atomic E-state index is 13.2. The molecule has 1 atom stereocenters. The van der Waals surface area contributed by atoms with Gasteiger partial charge in [0.15, 0.2) is 5.13 Å². The van der Waals surface area contributed by atoms with E-state index >= 15 is 0 Å². The summed E-state index contributed by atoms with van der Waals surface area (Å²) < 4.78 is 14.0. The van der Waals surface area contributed by atoms with E-state index in [1.807, 2.05) is 13.8 Å². The number of rotatable bonds is 3. The van der Waals surface area contributed by atoms with Crippen LogP contribution in [0.3, 0.4) is 0 Å². The van der Waals surface area contributed by atoms with Crippen molar-refractivity contribution in [1.29, 1.82) is 0 Å². The molecule has 2 heterocycles. The first-order chi connectivity index (χ1) is 9.52. The maximum Gasteiger partial charge on any atom is 0.184 e. The minimum Gasteiger partial charge on any atom is -0.354 e. The highest BCUT2D eigenvalue weighted by Crippen LogP contribution is 2.31. The zero-order chi connectivity index (χ0) is 14.3. The summed E-state index contributed by atoms with van der Waals surface area (Å²) in [5.41, 5.74) is 1.88. The number of aryl methyl sites for hydroxylation is 2. The zero-order valence-electron chi connectivity index (χ0n) is 11.4. The fourth-order valence-corrected chi connectivity index (χ4v) is 4.07. The van der Waals surface area contributed by atoms with Gasteiger partial charge in [0.25, 0.3) is 0 Å². The van der Waals surface area contributed by atoms with E-state index in [2.05, 4.69) is 22.2 Å². The van der Waals surface area contributed by atoms with Gasteiger partial charge in [-0.2, -0.15) is 0 Å². The van der Waals surface area contributed by atoms with E-state index in [0.29, 0.717) is 0 Å².